The van der Waals surface area contributed by atoms with Crippen LogP contribution in [0.3, 0.4) is 0 Å². The van der Waals surface area contributed by atoms with Crippen molar-refractivity contribution < 1.29 is 41.9 Å². The minimum absolute atomic E-state index is 0.0108. The Morgan fingerprint density at radius 3 is 2.07 bits per heavy atom. The molecule has 15 heteroatoms. The number of benzene rings is 3. The van der Waals surface area contributed by atoms with Crippen LogP contribution in [0.25, 0.3) is 0 Å². The topological polar surface area (TPSA) is 152 Å². The molecule has 3 aromatic rings. The van der Waals surface area contributed by atoms with Crippen molar-refractivity contribution in [3.8, 4) is 11.8 Å². The van der Waals surface area contributed by atoms with E-state index in [9.17, 15) is 37.1 Å². The molecule has 1 unspecified atom stereocenters. The average Bonchev–Trinajstić information content (AvgIpc) is 3.70. The molecule has 3 fully saturated rings. The predicted octanol–water partition coefficient (Wildman–Crippen LogP) is 5.82. The van der Waals surface area contributed by atoms with Gasteiger partial charge < -0.3 is 15.0 Å². The Bertz CT molecular complexity index is 2250. The highest BCUT2D eigenvalue weighted by Gasteiger charge is 2.64. The molecule has 308 valence electrons. The summed E-state index contributed by atoms with van der Waals surface area (Å²) in [6, 6.07) is 14.7. The number of carbonyl (C=O) groups excluding carboxylic acids is 5. The fourth-order valence-electron chi connectivity index (χ4n) is 10.2. The molecule has 0 spiro atoms. The van der Waals surface area contributed by atoms with E-state index in [0.717, 1.165) is 66.3 Å². The number of nitriles is 1. The van der Waals surface area contributed by atoms with E-state index in [1.165, 1.54) is 6.07 Å². The highest BCUT2D eigenvalue weighted by Crippen LogP contribution is 2.56. The Kier molecular flexibility index (Phi) is 9.85. The molecule has 0 aromatic heterocycles. The zero-order chi connectivity index (χ0) is 42.2. The van der Waals surface area contributed by atoms with Gasteiger partial charge in [-0.3, -0.25) is 39.1 Å². The third kappa shape index (κ3) is 7.11. The first kappa shape index (κ1) is 40.0. The first-order valence-corrected chi connectivity index (χ1v) is 19.9. The number of imide groups is 2. The summed E-state index contributed by atoms with van der Waals surface area (Å²) in [7, 11) is 0. The second-order valence-electron chi connectivity index (χ2n) is 17.6. The summed E-state index contributed by atoms with van der Waals surface area (Å²) in [5.74, 6) is -1.81. The molecule has 12 nitrogen and oxygen atoms in total. The smallest absolute Gasteiger partial charge is 0.417 e. The summed E-state index contributed by atoms with van der Waals surface area (Å²) >= 11 is 0. The van der Waals surface area contributed by atoms with E-state index < -0.39 is 63.9 Å². The maximum absolute atomic E-state index is 13.6. The molecule has 1 atom stereocenters. The SMILES string of the molecule is CC1(C)[C@H](NC(=O)c2ccc(N3CCC(CN4Cc5cc6c(cc5C4)C(=O)N(C4CCC(=O)NC4=O)C6=O)CC3)cc2)C(C)(C)[C@H]1Oc1ccc(C#N)c(C(F)(F)F)c1. The molecular formula is C44H45F3N6O6. The van der Waals surface area contributed by atoms with Crippen molar-refractivity contribution in [1.29, 1.82) is 5.26 Å². The Balaban J connectivity index is 0.825. The number of nitrogens with one attached hydrogen (secondary N) is 2. The Morgan fingerprint density at radius 1 is 0.898 bits per heavy atom. The largest absolute Gasteiger partial charge is 0.489 e. The van der Waals surface area contributed by atoms with Gasteiger partial charge in [0.05, 0.1) is 28.3 Å². The number of ether oxygens (including phenoxy) is 1. The Hall–Kier alpha value is -5.75. The second-order valence-corrected chi connectivity index (χ2v) is 17.6. The lowest BCUT2D eigenvalue weighted by molar-refractivity contribution is -0.164. The van der Waals surface area contributed by atoms with Gasteiger partial charge in [-0.25, -0.2) is 0 Å². The maximum Gasteiger partial charge on any atom is 0.417 e. The van der Waals surface area contributed by atoms with Gasteiger partial charge >= 0.3 is 6.18 Å². The Labute approximate surface area is 339 Å². The minimum Gasteiger partial charge on any atom is -0.489 e. The first-order chi connectivity index (χ1) is 27.9. The normalized spacial score (nSPS) is 23.9. The molecule has 0 bridgehead atoms. The molecule has 1 saturated carbocycles. The molecule has 2 N–H and O–H groups in total. The number of fused-ring (bicyclic) bond motifs is 2. The molecule has 4 aliphatic heterocycles. The minimum atomic E-state index is -4.70. The van der Waals surface area contributed by atoms with Crippen LogP contribution in [0, 0.1) is 28.1 Å². The number of piperidine rings is 2. The van der Waals surface area contributed by atoms with Gasteiger partial charge in [0, 0.05) is 67.3 Å². The van der Waals surface area contributed by atoms with E-state index in [2.05, 4.69) is 20.4 Å². The van der Waals surface area contributed by atoms with Crippen molar-refractivity contribution in [2.45, 2.75) is 90.8 Å². The van der Waals surface area contributed by atoms with Gasteiger partial charge in [-0.2, -0.15) is 18.4 Å². The summed E-state index contributed by atoms with van der Waals surface area (Å²) in [6.07, 6.45) is -3.08. The van der Waals surface area contributed by atoms with Crippen LogP contribution in [0.15, 0.2) is 54.6 Å². The number of carbonyl (C=O) groups is 5. The van der Waals surface area contributed by atoms with Gasteiger partial charge in [-0.05, 0) is 90.9 Å². The standard InChI is InChI=1S/C44H45F3N6O6/c1-42(2)40(43(3,4)41(42)59-30-10-7-26(20-48)33(19-30)44(45,46)47)50-36(55)25-5-8-29(9-6-25)52-15-13-24(14-16-52)21-51-22-27-17-31-32(18-28(27)23-51)39(58)53(38(31)57)34-11-12-35(54)49-37(34)56/h5-10,17-19,24,34,40-41H,11-16,21-23H2,1-4H3,(H,50,55)(H,49,54,56)/t34?,40-,41-. The first-order valence-electron chi connectivity index (χ1n) is 19.9. The van der Waals surface area contributed by atoms with Crippen LogP contribution >= 0.6 is 0 Å². The number of halogens is 3. The summed E-state index contributed by atoms with van der Waals surface area (Å²) in [5, 5.41) is 14.5. The second kappa shape index (κ2) is 14.5. The van der Waals surface area contributed by atoms with Crippen molar-refractivity contribution in [3.63, 3.8) is 0 Å². The number of hydrogen-bond donors (Lipinski definition) is 2. The van der Waals surface area contributed by atoms with Crippen LogP contribution in [0.1, 0.15) is 107 Å². The summed E-state index contributed by atoms with van der Waals surface area (Å²) in [6.45, 7) is 11.5. The fourth-order valence-corrected chi connectivity index (χ4v) is 10.2. The van der Waals surface area contributed by atoms with Crippen LogP contribution in [0.4, 0.5) is 18.9 Å². The number of anilines is 1. The van der Waals surface area contributed by atoms with Gasteiger partial charge in [0.15, 0.2) is 0 Å². The van der Waals surface area contributed by atoms with Crippen molar-refractivity contribution in [2.24, 2.45) is 16.7 Å². The number of alkyl halides is 3. The molecule has 0 radical (unpaired) electrons. The monoisotopic (exact) mass is 810 g/mol. The van der Waals surface area contributed by atoms with Crippen LogP contribution in [-0.2, 0) is 28.9 Å². The number of rotatable bonds is 8. The van der Waals surface area contributed by atoms with Crippen molar-refractivity contribution in [3.05, 3.63) is 93.5 Å². The number of nitrogens with zero attached hydrogens (tertiary/aromatic N) is 4. The zero-order valence-corrected chi connectivity index (χ0v) is 33.2. The van der Waals surface area contributed by atoms with Gasteiger partial charge in [0.25, 0.3) is 17.7 Å². The van der Waals surface area contributed by atoms with Gasteiger partial charge in [0.1, 0.15) is 17.9 Å². The van der Waals surface area contributed by atoms with Crippen molar-refractivity contribution in [2.75, 3.05) is 24.5 Å². The Morgan fingerprint density at radius 2 is 1.51 bits per heavy atom. The number of amides is 5. The van der Waals surface area contributed by atoms with Crippen LogP contribution in [-0.4, -0.2) is 77.2 Å². The van der Waals surface area contributed by atoms with Crippen molar-refractivity contribution >= 4 is 35.2 Å². The van der Waals surface area contributed by atoms with E-state index in [-0.39, 0.29) is 30.5 Å². The highest BCUT2D eigenvalue weighted by atomic mass is 19.4. The van der Waals surface area contributed by atoms with E-state index >= 15 is 0 Å². The average molecular weight is 811 g/mol. The third-order valence-corrected chi connectivity index (χ3v) is 13.0. The molecule has 1 aliphatic carbocycles. The van der Waals surface area contributed by atoms with E-state index in [1.54, 1.807) is 30.3 Å². The van der Waals surface area contributed by atoms with Gasteiger partial charge in [0.2, 0.25) is 11.8 Å². The molecule has 3 aromatic carbocycles. The maximum atomic E-state index is 13.6. The molecule has 2 saturated heterocycles. The lowest BCUT2D eigenvalue weighted by atomic mass is 9.49. The quantitative estimate of drug-likeness (QED) is 0.268. The summed E-state index contributed by atoms with van der Waals surface area (Å²) < 4.78 is 46.9. The van der Waals surface area contributed by atoms with Gasteiger partial charge in [-0.1, -0.05) is 27.7 Å². The van der Waals surface area contributed by atoms with Crippen LogP contribution in [0.5, 0.6) is 5.75 Å². The summed E-state index contributed by atoms with van der Waals surface area (Å²) in [5.41, 5.74) is 1.36. The predicted molar refractivity (Wildman–Crippen MR) is 208 cm³/mol. The van der Waals surface area contributed by atoms with E-state index in [4.69, 9.17) is 10.00 Å². The number of hydrogen-bond acceptors (Lipinski definition) is 9. The molecule has 5 aliphatic rings. The summed E-state index contributed by atoms with van der Waals surface area (Å²) in [4.78, 5) is 69.8. The van der Waals surface area contributed by atoms with E-state index in [1.807, 2.05) is 39.8 Å². The lowest BCUT2D eigenvalue weighted by Crippen LogP contribution is -2.74. The van der Waals surface area contributed by atoms with Gasteiger partial charge in [-0.15, -0.1) is 0 Å². The third-order valence-electron chi connectivity index (χ3n) is 13.0. The molecule has 5 amide bonds. The molecule has 4 heterocycles. The zero-order valence-electron chi connectivity index (χ0n) is 33.2. The lowest BCUT2D eigenvalue weighted by Gasteiger charge is -2.63. The van der Waals surface area contributed by atoms with E-state index in [0.29, 0.717) is 35.7 Å². The van der Waals surface area contributed by atoms with Crippen LogP contribution in [0.2, 0.25) is 0 Å². The van der Waals surface area contributed by atoms with Crippen molar-refractivity contribution in [1.82, 2.24) is 20.4 Å². The highest BCUT2D eigenvalue weighted by molar-refractivity contribution is 6.23. The molecular weight excluding hydrogens is 766 g/mol. The molecule has 8 rings (SSSR count). The van der Waals surface area contributed by atoms with Crippen LogP contribution < -0.4 is 20.3 Å². The molecule has 59 heavy (non-hydrogen) atoms. The fraction of sp³-hybridized carbons (Fsp3) is 0.455.